The van der Waals surface area contributed by atoms with Gasteiger partial charge in [-0.1, -0.05) is 121 Å². The number of hydrogen-bond donors (Lipinski definition) is 0. The van der Waals surface area contributed by atoms with Crippen LogP contribution in [0.2, 0.25) is 0 Å². The number of para-hydroxylation sites is 1. The van der Waals surface area contributed by atoms with Crippen LogP contribution in [0.1, 0.15) is 19.2 Å². The van der Waals surface area contributed by atoms with Crippen LogP contribution in [-0.2, 0) is 5.41 Å². The second-order valence-electron chi connectivity index (χ2n) is 13.5. The Morgan fingerprint density at radius 2 is 1.25 bits per heavy atom. The second-order valence-corrected chi connectivity index (χ2v) is 14.5. The zero-order valence-electron chi connectivity index (χ0n) is 28.0. The molecule has 1 unspecified atom stereocenters. The third kappa shape index (κ3) is 4.92. The zero-order chi connectivity index (χ0) is 33.9. The maximum absolute atomic E-state index is 5.09. The Bertz CT molecular complexity index is 2840. The van der Waals surface area contributed by atoms with Crippen molar-refractivity contribution < 1.29 is 0 Å². The van der Waals surface area contributed by atoms with E-state index in [1.807, 2.05) is 29.5 Å². The molecule has 1 aliphatic carbocycles. The van der Waals surface area contributed by atoms with Crippen molar-refractivity contribution in [3.05, 3.63) is 170 Å². The average Bonchev–Trinajstić information content (AvgIpc) is 3.74. The summed E-state index contributed by atoms with van der Waals surface area (Å²) in [4.78, 5) is 15.1. The molecule has 0 saturated carbocycles. The first-order chi connectivity index (χ1) is 25.1. The molecule has 3 heterocycles. The van der Waals surface area contributed by atoms with Gasteiger partial charge < -0.3 is 4.57 Å². The molecule has 0 aliphatic heterocycles. The van der Waals surface area contributed by atoms with Crippen molar-refractivity contribution in [2.45, 2.75) is 18.8 Å². The Labute approximate surface area is 299 Å². The molecule has 3 aromatic heterocycles. The van der Waals surface area contributed by atoms with Crippen molar-refractivity contribution in [3.63, 3.8) is 0 Å². The summed E-state index contributed by atoms with van der Waals surface area (Å²) in [7, 11) is 0. The van der Waals surface area contributed by atoms with Crippen LogP contribution in [0.15, 0.2) is 164 Å². The van der Waals surface area contributed by atoms with Crippen LogP contribution in [0.5, 0.6) is 0 Å². The molecular formula is C46H32N4S. The molecule has 0 bridgehead atoms. The van der Waals surface area contributed by atoms with Gasteiger partial charge in [0.1, 0.15) is 5.82 Å². The molecule has 5 heteroatoms. The number of benzene rings is 6. The lowest BCUT2D eigenvalue weighted by atomic mass is 9.83. The molecule has 0 spiro atoms. The van der Waals surface area contributed by atoms with E-state index < -0.39 is 0 Å². The molecule has 1 aliphatic rings. The number of nitrogens with zero attached hydrogens (tertiary/aromatic N) is 4. The standard InChI is InChI=1S/C46H32N4S/c1-46(27-10-3-11-28-46)45-48-43(30-13-4-2-5-14-30)47-44(49-45)31-21-24-33(25-22-31)50-39-19-8-6-15-35(39)36-26-23-32(29-40(36)50)34-17-12-18-38-37-16-7-9-20-41(37)51-42(34)38/h2-27,29H,28H2,1H3. The van der Waals surface area contributed by atoms with Crippen molar-refractivity contribution >= 4 is 53.3 Å². The second kappa shape index (κ2) is 11.7. The molecule has 4 nitrogen and oxygen atoms in total. The van der Waals surface area contributed by atoms with Crippen LogP contribution in [0.25, 0.3) is 81.6 Å². The van der Waals surface area contributed by atoms with E-state index in [1.165, 1.54) is 53.1 Å². The molecule has 51 heavy (non-hydrogen) atoms. The van der Waals surface area contributed by atoms with Gasteiger partial charge in [0.05, 0.1) is 11.0 Å². The van der Waals surface area contributed by atoms with Crippen molar-refractivity contribution in [2.75, 3.05) is 0 Å². The van der Waals surface area contributed by atoms with Gasteiger partial charge in [-0.25, -0.2) is 15.0 Å². The number of rotatable bonds is 5. The van der Waals surface area contributed by atoms with Gasteiger partial charge in [-0.3, -0.25) is 0 Å². The first-order valence-electron chi connectivity index (χ1n) is 17.3. The van der Waals surface area contributed by atoms with Gasteiger partial charge in [-0.2, -0.15) is 0 Å². The third-order valence-electron chi connectivity index (χ3n) is 10.2. The molecule has 0 fully saturated rings. The number of thiophene rings is 1. The summed E-state index contributed by atoms with van der Waals surface area (Å²) in [6, 6.07) is 49.9. The summed E-state index contributed by atoms with van der Waals surface area (Å²) in [5.74, 6) is 2.14. The molecular weight excluding hydrogens is 641 g/mol. The monoisotopic (exact) mass is 672 g/mol. The summed E-state index contributed by atoms with van der Waals surface area (Å²) in [6.45, 7) is 2.20. The zero-order valence-corrected chi connectivity index (χ0v) is 28.8. The van der Waals surface area contributed by atoms with Crippen molar-refractivity contribution in [3.8, 4) is 39.6 Å². The van der Waals surface area contributed by atoms with Crippen LogP contribution in [0.4, 0.5) is 0 Å². The Morgan fingerprint density at radius 3 is 2.06 bits per heavy atom. The molecule has 0 radical (unpaired) electrons. The summed E-state index contributed by atoms with van der Waals surface area (Å²) >= 11 is 1.87. The van der Waals surface area contributed by atoms with Crippen LogP contribution >= 0.6 is 11.3 Å². The minimum atomic E-state index is -0.309. The van der Waals surface area contributed by atoms with Crippen LogP contribution in [-0.4, -0.2) is 19.5 Å². The van der Waals surface area contributed by atoms with E-state index in [1.54, 1.807) is 0 Å². The molecule has 9 aromatic rings. The van der Waals surface area contributed by atoms with Crippen LogP contribution < -0.4 is 0 Å². The van der Waals surface area contributed by atoms with Crippen molar-refractivity contribution in [2.24, 2.45) is 0 Å². The first-order valence-corrected chi connectivity index (χ1v) is 18.2. The van der Waals surface area contributed by atoms with E-state index in [0.717, 1.165) is 29.1 Å². The van der Waals surface area contributed by atoms with E-state index in [0.29, 0.717) is 11.6 Å². The molecule has 242 valence electrons. The van der Waals surface area contributed by atoms with E-state index in [9.17, 15) is 0 Å². The maximum Gasteiger partial charge on any atom is 0.163 e. The van der Waals surface area contributed by atoms with E-state index in [2.05, 4.69) is 157 Å². The van der Waals surface area contributed by atoms with Crippen molar-refractivity contribution in [1.82, 2.24) is 19.5 Å². The molecule has 0 amide bonds. The normalized spacial score (nSPS) is 15.8. The fourth-order valence-electron chi connectivity index (χ4n) is 7.52. The largest absolute Gasteiger partial charge is 0.309 e. The molecule has 0 saturated heterocycles. The lowest BCUT2D eigenvalue weighted by molar-refractivity contribution is 0.554. The Kier molecular flexibility index (Phi) is 6.83. The third-order valence-corrected chi connectivity index (χ3v) is 11.4. The minimum Gasteiger partial charge on any atom is -0.309 e. The van der Waals surface area contributed by atoms with E-state index in [-0.39, 0.29) is 5.41 Å². The van der Waals surface area contributed by atoms with Gasteiger partial charge in [0.15, 0.2) is 11.6 Å². The number of allylic oxidation sites excluding steroid dienone is 4. The maximum atomic E-state index is 5.09. The van der Waals surface area contributed by atoms with Crippen LogP contribution in [0.3, 0.4) is 0 Å². The van der Waals surface area contributed by atoms with E-state index in [4.69, 9.17) is 15.0 Å². The predicted molar refractivity (Wildman–Crippen MR) is 214 cm³/mol. The molecule has 6 aromatic carbocycles. The smallest absolute Gasteiger partial charge is 0.163 e. The van der Waals surface area contributed by atoms with Gasteiger partial charge in [0.2, 0.25) is 0 Å². The number of fused-ring (bicyclic) bond motifs is 6. The predicted octanol–water partition coefficient (Wildman–Crippen LogP) is 12.1. The summed E-state index contributed by atoms with van der Waals surface area (Å²) in [6.07, 6.45) is 9.39. The topological polar surface area (TPSA) is 43.6 Å². The number of hydrogen-bond acceptors (Lipinski definition) is 4. The van der Waals surface area contributed by atoms with E-state index >= 15 is 0 Å². The lowest BCUT2D eigenvalue weighted by Gasteiger charge is -2.25. The quantitative estimate of drug-likeness (QED) is 0.183. The van der Waals surface area contributed by atoms with Crippen molar-refractivity contribution in [1.29, 1.82) is 0 Å². The highest BCUT2D eigenvalue weighted by molar-refractivity contribution is 7.26. The Hall–Kier alpha value is -6.17. The minimum absolute atomic E-state index is 0.309. The highest BCUT2D eigenvalue weighted by atomic mass is 32.1. The molecule has 1 atom stereocenters. The molecule has 10 rings (SSSR count). The summed E-state index contributed by atoms with van der Waals surface area (Å²) < 4.78 is 5.03. The summed E-state index contributed by atoms with van der Waals surface area (Å²) in [5, 5.41) is 5.10. The van der Waals surface area contributed by atoms with Gasteiger partial charge in [0.25, 0.3) is 0 Å². The van der Waals surface area contributed by atoms with Gasteiger partial charge >= 0.3 is 0 Å². The molecule has 0 N–H and O–H groups in total. The Morgan fingerprint density at radius 1 is 0.569 bits per heavy atom. The lowest BCUT2D eigenvalue weighted by Crippen LogP contribution is -2.24. The first kappa shape index (κ1) is 29.7. The van der Waals surface area contributed by atoms with Crippen LogP contribution in [0, 0.1) is 0 Å². The van der Waals surface area contributed by atoms with Gasteiger partial charge in [0, 0.05) is 53.2 Å². The highest BCUT2D eigenvalue weighted by Crippen LogP contribution is 2.42. The highest BCUT2D eigenvalue weighted by Gasteiger charge is 2.29. The fourth-order valence-corrected chi connectivity index (χ4v) is 8.76. The SMILES string of the molecule is CC1(c2nc(-c3ccccc3)nc(-c3ccc(-n4c5ccccc5c5ccc(-c6cccc7c6sc6ccccc67)cc54)cc3)n2)C=CC=CC1. The number of aromatic nitrogens is 4. The summed E-state index contributed by atoms with van der Waals surface area (Å²) in [5.41, 5.74) is 7.55. The van der Waals surface area contributed by atoms with Gasteiger partial charge in [-0.05, 0) is 66.9 Å². The van der Waals surface area contributed by atoms with Gasteiger partial charge in [-0.15, -0.1) is 11.3 Å². The Balaban J connectivity index is 1.11. The average molecular weight is 673 g/mol. The fraction of sp³-hybridized carbons (Fsp3) is 0.0652.